The Hall–Kier alpha value is -1.90. The lowest BCUT2D eigenvalue weighted by atomic mass is 10.1. The molecule has 0 saturated carbocycles. The number of benzene rings is 1. The van der Waals surface area contributed by atoms with Crippen molar-refractivity contribution in [2.24, 2.45) is 0 Å². The number of aromatic nitrogens is 1. The fourth-order valence-corrected chi connectivity index (χ4v) is 1.36. The molecule has 0 atom stereocenters. The van der Waals surface area contributed by atoms with E-state index in [1.165, 1.54) is 12.1 Å². The highest BCUT2D eigenvalue weighted by atomic mass is 19.1. The molecular weight excluding hydrogens is 193 g/mol. The molecule has 0 unspecified atom stereocenters. The molecule has 0 fully saturated rings. The van der Waals surface area contributed by atoms with Crippen molar-refractivity contribution in [2.45, 2.75) is 0 Å². The molecule has 0 bridgehead atoms. The van der Waals surface area contributed by atoms with Crippen LogP contribution in [0.3, 0.4) is 0 Å². The van der Waals surface area contributed by atoms with E-state index < -0.39 is 0 Å². The first-order valence-corrected chi connectivity index (χ1v) is 4.54. The predicted molar refractivity (Wildman–Crippen MR) is 56.2 cm³/mol. The van der Waals surface area contributed by atoms with Gasteiger partial charge in [0.2, 0.25) is 0 Å². The van der Waals surface area contributed by atoms with Gasteiger partial charge in [-0.2, -0.15) is 0 Å². The largest absolute Gasteiger partial charge is 0.495 e. The Morgan fingerprint density at radius 1 is 1.13 bits per heavy atom. The van der Waals surface area contributed by atoms with Crippen molar-refractivity contribution in [1.29, 1.82) is 0 Å². The zero-order valence-electron chi connectivity index (χ0n) is 8.27. The number of ether oxygens (including phenoxy) is 1. The molecule has 76 valence electrons. The average Bonchev–Trinajstić information content (AvgIpc) is 2.29. The number of rotatable bonds is 2. The Kier molecular flexibility index (Phi) is 2.63. The standard InChI is InChI=1S/C12H10FNO/c1-15-12-6-10(7-14-8-12)9-3-2-4-11(13)5-9/h2-8H,1H3. The SMILES string of the molecule is COc1cncc(-c2cccc(F)c2)c1. The Morgan fingerprint density at radius 2 is 2.00 bits per heavy atom. The van der Waals surface area contributed by atoms with E-state index in [9.17, 15) is 4.39 Å². The summed E-state index contributed by atoms with van der Waals surface area (Å²) in [6, 6.07) is 8.21. The Bertz CT molecular complexity index is 471. The van der Waals surface area contributed by atoms with Gasteiger partial charge in [-0.15, -0.1) is 0 Å². The van der Waals surface area contributed by atoms with E-state index in [0.717, 1.165) is 11.1 Å². The van der Waals surface area contributed by atoms with Crippen LogP contribution in [0.15, 0.2) is 42.7 Å². The van der Waals surface area contributed by atoms with Gasteiger partial charge in [0.05, 0.1) is 13.3 Å². The van der Waals surface area contributed by atoms with Gasteiger partial charge in [-0.25, -0.2) is 4.39 Å². The molecule has 0 N–H and O–H groups in total. The summed E-state index contributed by atoms with van der Waals surface area (Å²) in [6.07, 6.45) is 3.29. The molecule has 0 radical (unpaired) electrons. The maximum absolute atomic E-state index is 13.0. The summed E-state index contributed by atoms with van der Waals surface area (Å²) in [6.45, 7) is 0. The minimum Gasteiger partial charge on any atom is -0.495 e. The minimum atomic E-state index is -0.254. The van der Waals surface area contributed by atoms with Crippen molar-refractivity contribution in [3.63, 3.8) is 0 Å². The third kappa shape index (κ3) is 2.13. The molecule has 0 aliphatic rings. The van der Waals surface area contributed by atoms with Crippen molar-refractivity contribution < 1.29 is 9.13 Å². The van der Waals surface area contributed by atoms with Crippen LogP contribution in [0.5, 0.6) is 5.75 Å². The van der Waals surface area contributed by atoms with E-state index in [1.807, 2.05) is 12.1 Å². The van der Waals surface area contributed by atoms with Gasteiger partial charge >= 0.3 is 0 Å². The second-order valence-corrected chi connectivity index (χ2v) is 3.12. The number of halogens is 1. The van der Waals surface area contributed by atoms with Crippen LogP contribution in [-0.4, -0.2) is 12.1 Å². The van der Waals surface area contributed by atoms with Crippen molar-refractivity contribution in [3.8, 4) is 16.9 Å². The summed E-state index contributed by atoms with van der Waals surface area (Å²) in [5, 5.41) is 0. The number of nitrogens with zero attached hydrogens (tertiary/aromatic N) is 1. The Balaban J connectivity index is 2.44. The zero-order valence-corrected chi connectivity index (χ0v) is 8.27. The first-order valence-electron chi connectivity index (χ1n) is 4.54. The summed E-state index contributed by atoms with van der Waals surface area (Å²) in [4.78, 5) is 4.01. The normalized spacial score (nSPS) is 10.0. The molecule has 2 rings (SSSR count). The maximum atomic E-state index is 13.0. The number of hydrogen-bond donors (Lipinski definition) is 0. The van der Waals surface area contributed by atoms with Gasteiger partial charge in [-0.05, 0) is 23.8 Å². The molecule has 1 heterocycles. The smallest absolute Gasteiger partial charge is 0.137 e. The van der Waals surface area contributed by atoms with Crippen LogP contribution in [0.1, 0.15) is 0 Å². The number of pyridine rings is 1. The fraction of sp³-hybridized carbons (Fsp3) is 0.0833. The van der Waals surface area contributed by atoms with Crippen LogP contribution in [0.4, 0.5) is 4.39 Å². The summed E-state index contributed by atoms with van der Waals surface area (Å²) in [5.41, 5.74) is 1.63. The van der Waals surface area contributed by atoms with Gasteiger partial charge in [0, 0.05) is 11.8 Å². The highest BCUT2D eigenvalue weighted by Gasteiger charge is 2.01. The molecular formula is C12H10FNO. The van der Waals surface area contributed by atoms with Gasteiger partial charge in [0.15, 0.2) is 0 Å². The first kappa shape index (κ1) is 9.65. The summed E-state index contributed by atoms with van der Waals surface area (Å²) < 4.78 is 18.0. The molecule has 0 spiro atoms. The highest BCUT2D eigenvalue weighted by molar-refractivity contribution is 5.63. The van der Waals surface area contributed by atoms with Crippen molar-refractivity contribution >= 4 is 0 Å². The maximum Gasteiger partial charge on any atom is 0.137 e. The van der Waals surface area contributed by atoms with Crippen LogP contribution >= 0.6 is 0 Å². The molecule has 2 nitrogen and oxygen atoms in total. The first-order chi connectivity index (χ1) is 7.29. The summed E-state index contributed by atoms with van der Waals surface area (Å²) in [5.74, 6) is 0.409. The average molecular weight is 203 g/mol. The Morgan fingerprint density at radius 3 is 2.73 bits per heavy atom. The fourth-order valence-electron chi connectivity index (χ4n) is 1.36. The van der Waals surface area contributed by atoms with E-state index in [1.54, 1.807) is 25.6 Å². The predicted octanol–water partition coefficient (Wildman–Crippen LogP) is 2.90. The van der Waals surface area contributed by atoms with Crippen LogP contribution in [-0.2, 0) is 0 Å². The van der Waals surface area contributed by atoms with E-state index in [4.69, 9.17) is 4.74 Å². The highest BCUT2D eigenvalue weighted by Crippen LogP contribution is 2.22. The third-order valence-electron chi connectivity index (χ3n) is 2.11. The van der Waals surface area contributed by atoms with Crippen LogP contribution < -0.4 is 4.74 Å². The van der Waals surface area contributed by atoms with Crippen LogP contribution in [0, 0.1) is 5.82 Å². The minimum absolute atomic E-state index is 0.254. The quantitative estimate of drug-likeness (QED) is 0.748. The van der Waals surface area contributed by atoms with E-state index in [2.05, 4.69) is 4.98 Å². The molecule has 0 saturated heterocycles. The monoisotopic (exact) mass is 203 g/mol. The molecule has 0 aliphatic heterocycles. The zero-order chi connectivity index (χ0) is 10.7. The van der Waals surface area contributed by atoms with Gasteiger partial charge in [0.1, 0.15) is 11.6 Å². The van der Waals surface area contributed by atoms with Crippen LogP contribution in [0.2, 0.25) is 0 Å². The Labute approximate surface area is 87.4 Å². The molecule has 1 aromatic heterocycles. The lowest BCUT2D eigenvalue weighted by Crippen LogP contribution is -1.86. The molecule has 2 aromatic rings. The van der Waals surface area contributed by atoms with E-state index in [-0.39, 0.29) is 5.82 Å². The summed E-state index contributed by atoms with van der Waals surface area (Å²) in [7, 11) is 1.58. The van der Waals surface area contributed by atoms with Gasteiger partial charge in [-0.1, -0.05) is 12.1 Å². The topological polar surface area (TPSA) is 22.1 Å². The van der Waals surface area contributed by atoms with E-state index in [0.29, 0.717) is 5.75 Å². The van der Waals surface area contributed by atoms with Gasteiger partial charge < -0.3 is 4.74 Å². The van der Waals surface area contributed by atoms with E-state index >= 15 is 0 Å². The number of hydrogen-bond acceptors (Lipinski definition) is 2. The molecule has 1 aromatic carbocycles. The third-order valence-corrected chi connectivity index (χ3v) is 2.11. The van der Waals surface area contributed by atoms with Crippen LogP contribution in [0.25, 0.3) is 11.1 Å². The lowest BCUT2D eigenvalue weighted by Gasteiger charge is -2.03. The molecule has 3 heteroatoms. The van der Waals surface area contributed by atoms with Crippen molar-refractivity contribution in [1.82, 2.24) is 4.98 Å². The molecule has 0 aliphatic carbocycles. The molecule has 15 heavy (non-hydrogen) atoms. The van der Waals surface area contributed by atoms with Crippen molar-refractivity contribution in [2.75, 3.05) is 7.11 Å². The second kappa shape index (κ2) is 4.09. The lowest BCUT2D eigenvalue weighted by molar-refractivity contribution is 0.413. The van der Waals surface area contributed by atoms with Gasteiger partial charge in [-0.3, -0.25) is 4.98 Å². The van der Waals surface area contributed by atoms with Crippen molar-refractivity contribution in [3.05, 3.63) is 48.5 Å². The van der Waals surface area contributed by atoms with Gasteiger partial charge in [0.25, 0.3) is 0 Å². The second-order valence-electron chi connectivity index (χ2n) is 3.12. The molecule has 0 amide bonds. The number of methoxy groups -OCH3 is 1. The summed E-state index contributed by atoms with van der Waals surface area (Å²) >= 11 is 0.